The van der Waals surface area contributed by atoms with E-state index in [0.29, 0.717) is 37.3 Å². The van der Waals surface area contributed by atoms with Crippen molar-refractivity contribution in [1.82, 2.24) is 19.0 Å². The van der Waals surface area contributed by atoms with Crippen molar-refractivity contribution < 1.29 is 14.7 Å². The first-order valence-electron chi connectivity index (χ1n) is 9.01. The molecule has 0 spiro atoms. The van der Waals surface area contributed by atoms with Gasteiger partial charge in [-0.25, -0.2) is 9.78 Å². The predicted molar refractivity (Wildman–Crippen MR) is 97.3 cm³/mol. The van der Waals surface area contributed by atoms with Gasteiger partial charge in [0.25, 0.3) is 5.91 Å². The molecular formula is C19H26N4O3. The first-order valence-corrected chi connectivity index (χ1v) is 9.01. The van der Waals surface area contributed by atoms with E-state index < -0.39 is 11.5 Å². The van der Waals surface area contributed by atoms with Crippen LogP contribution in [0, 0.1) is 20.8 Å². The average molecular weight is 358 g/mol. The Kier molecular flexibility index (Phi) is 4.64. The van der Waals surface area contributed by atoms with Crippen LogP contribution in [0.15, 0.2) is 18.5 Å². The Labute approximate surface area is 153 Å². The summed E-state index contributed by atoms with van der Waals surface area (Å²) in [5.74, 6) is -0.201. The number of imidazole rings is 1. The predicted octanol–water partition coefficient (Wildman–Crippen LogP) is 2.35. The normalized spacial score (nSPS) is 16.7. The van der Waals surface area contributed by atoms with Crippen LogP contribution in [-0.4, -0.2) is 49.1 Å². The highest BCUT2D eigenvalue weighted by Crippen LogP contribution is 2.32. The number of aliphatic carboxylic acids is 1. The van der Waals surface area contributed by atoms with Gasteiger partial charge in [-0.1, -0.05) is 0 Å². The lowest BCUT2D eigenvalue weighted by atomic mass is 9.86. The van der Waals surface area contributed by atoms with E-state index in [0.717, 1.165) is 17.9 Å². The molecule has 0 aliphatic carbocycles. The molecule has 1 aliphatic heterocycles. The summed E-state index contributed by atoms with van der Waals surface area (Å²) in [6, 6.07) is 1.93. The number of piperidine rings is 1. The van der Waals surface area contributed by atoms with E-state index in [-0.39, 0.29) is 5.91 Å². The van der Waals surface area contributed by atoms with Crippen molar-refractivity contribution in [3.05, 3.63) is 41.2 Å². The number of likely N-dealkylation sites (tertiary alicyclic amines) is 1. The lowest BCUT2D eigenvalue weighted by molar-refractivity contribution is -0.150. The molecule has 1 N–H and O–H groups in total. The second-order valence-electron chi connectivity index (χ2n) is 7.00. The number of hydrogen-bond acceptors (Lipinski definition) is 3. The summed E-state index contributed by atoms with van der Waals surface area (Å²) in [6.07, 6.45) is 4.09. The lowest BCUT2D eigenvalue weighted by Crippen LogP contribution is -2.52. The highest BCUT2D eigenvalue weighted by molar-refractivity contribution is 5.96. The van der Waals surface area contributed by atoms with Crippen LogP contribution in [0.1, 0.15) is 47.3 Å². The number of nitrogens with zero attached hydrogens (tertiary/aromatic N) is 4. The van der Waals surface area contributed by atoms with Gasteiger partial charge in [-0.2, -0.15) is 0 Å². The topological polar surface area (TPSA) is 80.4 Å². The van der Waals surface area contributed by atoms with Crippen LogP contribution in [0.5, 0.6) is 0 Å². The Morgan fingerprint density at radius 1 is 1.23 bits per heavy atom. The van der Waals surface area contributed by atoms with Crippen LogP contribution in [0.25, 0.3) is 0 Å². The van der Waals surface area contributed by atoms with E-state index in [2.05, 4.69) is 16.5 Å². The summed E-state index contributed by atoms with van der Waals surface area (Å²) in [7, 11) is 0. The molecule has 1 fully saturated rings. The second-order valence-corrected chi connectivity index (χ2v) is 7.00. The summed E-state index contributed by atoms with van der Waals surface area (Å²) >= 11 is 0. The molecule has 0 saturated carbocycles. The zero-order valence-corrected chi connectivity index (χ0v) is 15.8. The Morgan fingerprint density at radius 2 is 1.88 bits per heavy atom. The third-order valence-corrected chi connectivity index (χ3v) is 5.68. The molecule has 7 nitrogen and oxygen atoms in total. The first kappa shape index (κ1) is 18.2. The third-order valence-electron chi connectivity index (χ3n) is 5.68. The van der Waals surface area contributed by atoms with Gasteiger partial charge in [0.2, 0.25) is 0 Å². The second kappa shape index (κ2) is 6.63. The minimum absolute atomic E-state index is 0.0147. The van der Waals surface area contributed by atoms with E-state index in [1.54, 1.807) is 21.9 Å². The van der Waals surface area contributed by atoms with Crippen LogP contribution in [0.3, 0.4) is 0 Å². The fourth-order valence-corrected chi connectivity index (χ4v) is 4.14. The molecule has 2 aromatic heterocycles. The largest absolute Gasteiger partial charge is 0.479 e. The Morgan fingerprint density at radius 3 is 2.35 bits per heavy atom. The molecule has 0 bridgehead atoms. The summed E-state index contributed by atoms with van der Waals surface area (Å²) < 4.78 is 3.85. The van der Waals surface area contributed by atoms with Crippen molar-refractivity contribution in [2.75, 3.05) is 13.1 Å². The highest BCUT2D eigenvalue weighted by Gasteiger charge is 2.45. The lowest BCUT2D eigenvalue weighted by Gasteiger charge is -2.40. The van der Waals surface area contributed by atoms with Crippen molar-refractivity contribution in [2.24, 2.45) is 0 Å². The van der Waals surface area contributed by atoms with Gasteiger partial charge in [0, 0.05) is 43.4 Å². The van der Waals surface area contributed by atoms with Gasteiger partial charge in [0.15, 0.2) is 0 Å². The molecule has 1 saturated heterocycles. The molecule has 7 heteroatoms. The van der Waals surface area contributed by atoms with E-state index in [9.17, 15) is 14.7 Å². The first-order chi connectivity index (χ1) is 12.3. The Hall–Kier alpha value is -2.57. The zero-order valence-electron chi connectivity index (χ0n) is 15.8. The van der Waals surface area contributed by atoms with Crippen molar-refractivity contribution in [1.29, 1.82) is 0 Å². The molecule has 1 aliphatic rings. The SMILES string of the molecule is CCn1c(C)cc(C(=O)N2CCC(C(=O)O)(n3ccnc3C)CC2)c1C. The maximum absolute atomic E-state index is 13.0. The molecule has 0 unspecified atom stereocenters. The van der Waals surface area contributed by atoms with Gasteiger partial charge in [-0.05, 0) is 46.6 Å². The number of rotatable bonds is 4. The van der Waals surface area contributed by atoms with Crippen LogP contribution in [0.2, 0.25) is 0 Å². The summed E-state index contributed by atoms with van der Waals surface area (Å²) in [6.45, 7) is 9.49. The van der Waals surface area contributed by atoms with E-state index >= 15 is 0 Å². The van der Waals surface area contributed by atoms with E-state index in [1.165, 1.54) is 0 Å². The number of carboxylic acids is 1. The number of carbonyl (C=O) groups excluding carboxylic acids is 1. The van der Waals surface area contributed by atoms with Crippen molar-refractivity contribution in [3.8, 4) is 0 Å². The summed E-state index contributed by atoms with van der Waals surface area (Å²) in [5, 5.41) is 9.89. The van der Waals surface area contributed by atoms with Crippen LogP contribution in [-0.2, 0) is 16.9 Å². The number of aryl methyl sites for hydroxylation is 2. The smallest absolute Gasteiger partial charge is 0.330 e. The Balaban J connectivity index is 1.82. The van der Waals surface area contributed by atoms with Gasteiger partial charge in [0.1, 0.15) is 11.4 Å². The molecular weight excluding hydrogens is 332 g/mol. The minimum Gasteiger partial charge on any atom is -0.479 e. The molecule has 0 atom stereocenters. The van der Waals surface area contributed by atoms with Gasteiger partial charge in [-0.3, -0.25) is 4.79 Å². The number of amides is 1. The third kappa shape index (κ3) is 2.71. The number of hydrogen-bond donors (Lipinski definition) is 1. The fraction of sp³-hybridized carbons (Fsp3) is 0.526. The summed E-state index contributed by atoms with van der Waals surface area (Å²) in [5.41, 5.74) is 1.72. The van der Waals surface area contributed by atoms with E-state index in [1.807, 2.05) is 26.8 Å². The maximum Gasteiger partial charge on any atom is 0.330 e. The van der Waals surface area contributed by atoms with E-state index in [4.69, 9.17) is 0 Å². The van der Waals surface area contributed by atoms with Crippen molar-refractivity contribution in [2.45, 2.75) is 52.6 Å². The van der Waals surface area contributed by atoms with Crippen molar-refractivity contribution in [3.63, 3.8) is 0 Å². The highest BCUT2D eigenvalue weighted by atomic mass is 16.4. The molecule has 2 aromatic rings. The van der Waals surface area contributed by atoms with Gasteiger partial charge < -0.3 is 19.1 Å². The molecule has 3 rings (SSSR count). The van der Waals surface area contributed by atoms with Gasteiger partial charge in [-0.15, -0.1) is 0 Å². The monoisotopic (exact) mass is 358 g/mol. The molecule has 140 valence electrons. The maximum atomic E-state index is 13.0. The number of carboxylic acid groups (broad SMARTS) is 1. The molecule has 1 amide bonds. The fourth-order valence-electron chi connectivity index (χ4n) is 4.14. The van der Waals surface area contributed by atoms with Gasteiger partial charge >= 0.3 is 5.97 Å². The van der Waals surface area contributed by atoms with Crippen molar-refractivity contribution >= 4 is 11.9 Å². The van der Waals surface area contributed by atoms with Crippen LogP contribution >= 0.6 is 0 Å². The quantitative estimate of drug-likeness (QED) is 0.910. The van der Waals surface area contributed by atoms with Gasteiger partial charge in [0.05, 0.1) is 5.56 Å². The van der Waals surface area contributed by atoms with Crippen LogP contribution in [0.4, 0.5) is 0 Å². The van der Waals surface area contributed by atoms with Crippen LogP contribution < -0.4 is 0 Å². The summed E-state index contributed by atoms with van der Waals surface area (Å²) in [4.78, 5) is 31.0. The molecule has 0 radical (unpaired) electrons. The standard InChI is InChI=1S/C19H26N4O3/c1-5-22-13(2)12-16(14(22)3)17(24)21-9-6-19(7-10-21,18(25)26)23-11-8-20-15(23)4/h8,11-12H,5-7,9-10H2,1-4H3,(H,25,26). The minimum atomic E-state index is -1.03. The number of aromatic nitrogens is 3. The Bertz CT molecular complexity index is 841. The number of carbonyl (C=O) groups is 2. The molecule has 3 heterocycles. The average Bonchev–Trinajstić information content (AvgIpc) is 3.17. The molecule has 0 aromatic carbocycles. The zero-order chi connectivity index (χ0) is 19.1. The molecule has 26 heavy (non-hydrogen) atoms.